The minimum Gasteiger partial charge on any atom is -0.329 e. The minimum atomic E-state index is 0.358. The Kier molecular flexibility index (Phi) is 4.48. The van der Waals surface area contributed by atoms with Crippen molar-refractivity contribution in [2.45, 2.75) is 64.3 Å². The Morgan fingerprint density at radius 3 is 2.41 bits per heavy atom. The van der Waals surface area contributed by atoms with Crippen LogP contribution in [0.2, 0.25) is 0 Å². The zero-order chi connectivity index (χ0) is 12.3. The van der Waals surface area contributed by atoms with Gasteiger partial charge in [0.15, 0.2) is 0 Å². The molecule has 0 aromatic rings. The second-order valence-electron chi connectivity index (χ2n) is 6.32. The Morgan fingerprint density at radius 2 is 1.94 bits per heavy atom. The van der Waals surface area contributed by atoms with Crippen LogP contribution in [-0.4, -0.2) is 30.1 Å². The van der Waals surface area contributed by atoms with Crippen molar-refractivity contribution in [2.75, 3.05) is 19.6 Å². The minimum absolute atomic E-state index is 0.358. The van der Waals surface area contributed by atoms with Crippen molar-refractivity contribution in [3.05, 3.63) is 0 Å². The highest BCUT2D eigenvalue weighted by Gasteiger charge is 2.44. The van der Waals surface area contributed by atoms with Crippen LogP contribution in [0.5, 0.6) is 0 Å². The molecule has 2 heteroatoms. The molecule has 17 heavy (non-hydrogen) atoms. The maximum absolute atomic E-state index is 6.14. The van der Waals surface area contributed by atoms with Crippen molar-refractivity contribution in [1.29, 1.82) is 0 Å². The van der Waals surface area contributed by atoms with E-state index in [9.17, 15) is 0 Å². The molecule has 2 rings (SSSR count). The van der Waals surface area contributed by atoms with Gasteiger partial charge in [0.2, 0.25) is 0 Å². The fourth-order valence-electron chi connectivity index (χ4n) is 4.21. The van der Waals surface area contributed by atoms with Gasteiger partial charge in [0.1, 0.15) is 0 Å². The first-order valence-corrected chi connectivity index (χ1v) is 7.68. The molecule has 1 aliphatic carbocycles. The van der Waals surface area contributed by atoms with Crippen molar-refractivity contribution < 1.29 is 0 Å². The van der Waals surface area contributed by atoms with Crippen LogP contribution in [0.25, 0.3) is 0 Å². The van der Waals surface area contributed by atoms with Crippen molar-refractivity contribution in [1.82, 2.24) is 4.90 Å². The number of nitrogens with zero attached hydrogens (tertiary/aromatic N) is 1. The third-order valence-corrected chi connectivity index (χ3v) is 5.46. The van der Waals surface area contributed by atoms with Crippen LogP contribution in [0.3, 0.4) is 0 Å². The third-order valence-electron chi connectivity index (χ3n) is 5.46. The summed E-state index contributed by atoms with van der Waals surface area (Å²) in [5.74, 6) is 1.79. The number of piperidine rings is 1. The van der Waals surface area contributed by atoms with Gasteiger partial charge in [0.05, 0.1) is 0 Å². The summed E-state index contributed by atoms with van der Waals surface area (Å²) in [7, 11) is 0. The quantitative estimate of drug-likeness (QED) is 0.816. The van der Waals surface area contributed by atoms with E-state index in [2.05, 4.69) is 18.7 Å². The molecular formula is C15H30N2. The number of likely N-dealkylation sites (tertiary alicyclic amines) is 1. The van der Waals surface area contributed by atoms with Crippen LogP contribution >= 0.6 is 0 Å². The van der Waals surface area contributed by atoms with E-state index in [1.54, 1.807) is 0 Å². The lowest BCUT2D eigenvalue weighted by molar-refractivity contribution is 0.0300. The van der Waals surface area contributed by atoms with Crippen LogP contribution in [-0.2, 0) is 0 Å². The SMILES string of the molecule is CCCC1CCN(C2(CN)CCCC2C)CC1. The van der Waals surface area contributed by atoms with Crippen LogP contribution in [0.1, 0.15) is 58.8 Å². The Hall–Kier alpha value is -0.0800. The highest BCUT2D eigenvalue weighted by atomic mass is 15.2. The summed E-state index contributed by atoms with van der Waals surface area (Å²) < 4.78 is 0. The zero-order valence-corrected chi connectivity index (χ0v) is 11.8. The van der Waals surface area contributed by atoms with Gasteiger partial charge in [-0.25, -0.2) is 0 Å². The Bertz CT molecular complexity index is 233. The van der Waals surface area contributed by atoms with Gasteiger partial charge >= 0.3 is 0 Å². The summed E-state index contributed by atoms with van der Waals surface area (Å²) in [5.41, 5.74) is 6.50. The first-order valence-electron chi connectivity index (χ1n) is 7.68. The van der Waals surface area contributed by atoms with Gasteiger partial charge in [-0.3, -0.25) is 4.90 Å². The molecule has 2 N–H and O–H groups in total. The summed E-state index contributed by atoms with van der Waals surface area (Å²) >= 11 is 0. The number of hydrogen-bond acceptors (Lipinski definition) is 2. The molecule has 0 spiro atoms. The van der Waals surface area contributed by atoms with E-state index in [1.807, 2.05) is 0 Å². The van der Waals surface area contributed by atoms with Crippen molar-refractivity contribution in [3.8, 4) is 0 Å². The normalized spacial score (nSPS) is 36.5. The lowest BCUT2D eigenvalue weighted by Crippen LogP contribution is -2.57. The Labute approximate surface area is 107 Å². The maximum atomic E-state index is 6.14. The average molecular weight is 238 g/mol. The molecule has 2 unspecified atom stereocenters. The van der Waals surface area contributed by atoms with Crippen molar-refractivity contribution in [3.63, 3.8) is 0 Å². The average Bonchev–Trinajstić information content (AvgIpc) is 2.73. The molecule has 0 aromatic carbocycles. The van der Waals surface area contributed by atoms with Gasteiger partial charge in [0, 0.05) is 12.1 Å². The number of rotatable bonds is 4. The molecule has 100 valence electrons. The summed E-state index contributed by atoms with van der Waals surface area (Å²) in [5, 5.41) is 0. The second-order valence-corrected chi connectivity index (χ2v) is 6.32. The van der Waals surface area contributed by atoms with Gasteiger partial charge in [0.25, 0.3) is 0 Å². The van der Waals surface area contributed by atoms with Gasteiger partial charge in [-0.15, -0.1) is 0 Å². The predicted octanol–water partition coefficient (Wildman–Crippen LogP) is 3.02. The van der Waals surface area contributed by atoms with Crippen molar-refractivity contribution in [2.24, 2.45) is 17.6 Å². The molecule has 0 aromatic heterocycles. The summed E-state index contributed by atoms with van der Waals surface area (Å²) in [6.45, 7) is 8.19. The Balaban J connectivity index is 1.94. The van der Waals surface area contributed by atoms with Gasteiger partial charge in [-0.1, -0.05) is 33.1 Å². The molecule has 1 aliphatic heterocycles. The van der Waals surface area contributed by atoms with E-state index in [-0.39, 0.29) is 0 Å². The molecule has 0 radical (unpaired) electrons. The van der Waals surface area contributed by atoms with Gasteiger partial charge in [-0.2, -0.15) is 0 Å². The van der Waals surface area contributed by atoms with E-state index in [1.165, 1.54) is 58.0 Å². The fraction of sp³-hybridized carbons (Fsp3) is 1.00. The summed E-state index contributed by atoms with van der Waals surface area (Å²) in [6, 6.07) is 0. The first-order chi connectivity index (χ1) is 8.23. The van der Waals surface area contributed by atoms with E-state index < -0.39 is 0 Å². The standard InChI is InChI=1S/C15H30N2/c1-3-5-14-7-10-17(11-8-14)15(12-16)9-4-6-13(15)2/h13-14H,3-12,16H2,1-2H3. The topological polar surface area (TPSA) is 29.3 Å². The van der Waals surface area contributed by atoms with E-state index in [4.69, 9.17) is 5.73 Å². The Morgan fingerprint density at radius 1 is 1.24 bits per heavy atom. The highest BCUT2D eigenvalue weighted by Crippen LogP contribution is 2.41. The highest BCUT2D eigenvalue weighted by molar-refractivity contribution is 5.01. The number of hydrogen-bond donors (Lipinski definition) is 1. The van der Waals surface area contributed by atoms with E-state index >= 15 is 0 Å². The lowest BCUT2D eigenvalue weighted by atomic mass is 9.82. The second kappa shape index (κ2) is 5.71. The molecule has 0 bridgehead atoms. The molecule has 1 heterocycles. The van der Waals surface area contributed by atoms with Crippen LogP contribution in [0.4, 0.5) is 0 Å². The fourth-order valence-corrected chi connectivity index (χ4v) is 4.21. The first kappa shape index (κ1) is 13.4. The van der Waals surface area contributed by atoms with E-state index in [0.29, 0.717) is 5.54 Å². The molecule has 2 atom stereocenters. The molecule has 1 saturated heterocycles. The largest absolute Gasteiger partial charge is 0.329 e. The van der Waals surface area contributed by atoms with Gasteiger partial charge < -0.3 is 5.73 Å². The van der Waals surface area contributed by atoms with Crippen LogP contribution < -0.4 is 5.73 Å². The van der Waals surface area contributed by atoms with Crippen LogP contribution in [0, 0.1) is 11.8 Å². The van der Waals surface area contributed by atoms with Gasteiger partial charge in [-0.05, 0) is 50.6 Å². The molecule has 0 amide bonds. The molecule has 2 fully saturated rings. The van der Waals surface area contributed by atoms with E-state index in [0.717, 1.165) is 18.4 Å². The van der Waals surface area contributed by atoms with Crippen LogP contribution in [0.15, 0.2) is 0 Å². The molecule has 2 nitrogen and oxygen atoms in total. The summed E-state index contributed by atoms with van der Waals surface area (Å²) in [4.78, 5) is 2.75. The smallest absolute Gasteiger partial charge is 0.0357 e. The molecule has 2 aliphatic rings. The lowest BCUT2D eigenvalue weighted by Gasteiger charge is -2.47. The predicted molar refractivity (Wildman–Crippen MR) is 74.0 cm³/mol. The van der Waals surface area contributed by atoms with Crippen molar-refractivity contribution >= 4 is 0 Å². The molecular weight excluding hydrogens is 208 g/mol. The zero-order valence-electron chi connectivity index (χ0n) is 11.8. The molecule has 1 saturated carbocycles. The third kappa shape index (κ3) is 2.53. The summed E-state index contributed by atoms with van der Waals surface area (Å²) in [6.07, 6.45) is 9.69. The number of nitrogens with two attached hydrogens (primary N) is 1. The monoisotopic (exact) mass is 238 g/mol. The maximum Gasteiger partial charge on any atom is 0.0357 e.